The molecule has 1 rings (SSSR count). The zero-order chi connectivity index (χ0) is 9.68. The maximum Gasteiger partial charge on any atom is 0.0353 e. The number of anilines is 1. The zero-order valence-electron chi connectivity index (χ0n) is 7.76. The monoisotopic (exact) mass is 242 g/mol. The summed E-state index contributed by atoms with van der Waals surface area (Å²) in [5.41, 5.74) is 6.60. The Morgan fingerprint density at radius 2 is 2.31 bits per heavy atom. The number of halogens is 1. The third kappa shape index (κ3) is 3.79. The smallest absolute Gasteiger partial charge is 0.0353 e. The average Bonchev–Trinajstić information content (AvgIpc) is 2.04. The normalized spacial score (nSPS) is 12.5. The van der Waals surface area contributed by atoms with E-state index in [-0.39, 0.29) is 0 Å². The van der Waals surface area contributed by atoms with Crippen LogP contribution in [0.15, 0.2) is 28.7 Å². The Bertz CT molecular complexity index is 263. The van der Waals surface area contributed by atoms with Crippen LogP contribution in [0.25, 0.3) is 0 Å². The van der Waals surface area contributed by atoms with E-state index in [1.165, 1.54) is 0 Å². The first-order valence-corrected chi connectivity index (χ1v) is 5.24. The van der Waals surface area contributed by atoms with Gasteiger partial charge in [0.15, 0.2) is 0 Å². The van der Waals surface area contributed by atoms with Gasteiger partial charge < -0.3 is 11.1 Å². The topological polar surface area (TPSA) is 38.0 Å². The summed E-state index contributed by atoms with van der Waals surface area (Å²) in [6, 6.07) is 8.57. The quantitative estimate of drug-likeness (QED) is 0.852. The van der Waals surface area contributed by atoms with Crippen molar-refractivity contribution in [2.75, 3.05) is 11.9 Å². The highest BCUT2D eigenvalue weighted by Gasteiger charge is 1.99. The molecule has 0 aliphatic rings. The molecule has 0 saturated carbocycles. The van der Waals surface area contributed by atoms with Gasteiger partial charge in [-0.1, -0.05) is 22.0 Å². The van der Waals surface area contributed by atoms with Gasteiger partial charge in [0, 0.05) is 16.2 Å². The van der Waals surface area contributed by atoms with Crippen LogP contribution in [0, 0.1) is 0 Å². The van der Waals surface area contributed by atoms with Crippen LogP contribution in [-0.2, 0) is 0 Å². The molecule has 0 radical (unpaired) electrons. The summed E-state index contributed by atoms with van der Waals surface area (Å²) in [4.78, 5) is 0. The number of benzene rings is 1. The van der Waals surface area contributed by atoms with Crippen LogP contribution in [0.5, 0.6) is 0 Å². The Balaban J connectivity index is 2.53. The fourth-order valence-corrected chi connectivity index (χ4v) is 1.58. The number of rotatable bonds is 4. The number of nitrogens with two attached hydrogens (primary N) is 1. The van der Waals surface area contributed by atoms with E-state index < -0.39 is 0 Å². The molecule has 0 bridgehead atoms. The Morgan fingerprint density at radius 3 is 2.92 bits per heavy atom. The highest BCUT2D eigenvalue weighted by atomic mass is 79.9. The fourth-order valence-electron chi connectivity index (χ4n) is 1.18. The van der Waals surface area contributed by atoms with Gasteiger partial charge in [0.05, 0.1) is 0 Å². The van der Waals surface area contributed by atoms with Crippen molar-refractivity contribution in [3.63, 3.8) is 0 Å². The molecule has 1 unspecified atom stereocenters. The molecule has 1 aromatic carbocycles. The second-order valence-corrected chi connectivity index (χ2v) is 4.05. The summed E-state index contributed by atoms with van der Waals surface area (Å²) in [5.74, 6) is 0. The van der Waals surface area contributed by atoms with E-state index in [2.05, 4.69) is 40.3 Å². The third-order valence-corrected chi connectivity index (χ3v) is 2.33. The largest absolute Gasteiger partial charge is 0.383 e. The number of nitrogens with one attached hydrogen (secondary N) is 1. The highest BCUT2D eigenvalue weighted by Crippen LogP contribution is 2.16. The SMILES string of the molecule is CC(CCN)Nc1cccc(Br)c1. The van der Waals surface area contributed by atoms with Crippen molar-refractivity contribution in [3.05, 3.63) is 28.7 Å². The van der Waals surface area contributed by atoms with E-state index in [0.29, 0.717) is 6.04 Å². The second kappa shape index (κ2) is 5.25. The molecule has 0 saturated heterocycles. The Hall–Kier alpha value is -0.540. The van der Waals surface area contributed by atoms with Gasteiger partial charge in [0.25, 0.3) is 0 Å². The molecular weight excluding hydrogens is 228 g/mol. The molecule has 2 nitrogen and oxygen atoms in total. The summed E-state index contributed by atoms with van der Waals surface area (Å²) in [5, 5.41) is 3.37. The van der Waals surface area contributed by atoms with Crippen LogP contribution in [0.4, 0.5) is 5.69 Å². The summed E-state index contributed by atoms with van der Waals surface area (Å²) in [6.07, 6.45) is 0.993. The van der Waals surface area contributed by atoms with Gasteiger partial charge >= 0.3 is 0 Å². The molecule has 1 aromatic rings. The summed E-state index contributed by atoms with van der Waals surface area (Å²) >= 11 is 3.43. The lowest BCUT2D eigenvalue weighted by molar-refractivity contribution is 0.717. The Kier molecular flexibility index (Phi) is 4.25. The molecule has 0 fully saturated rings. The molecule has 13 heavy (non-hydrogen) atoms. The first kappa shape index (κ1) is 10.5. The molecule has 3 heteroatoms. The molecule has 1 atom stereocenters. The van der Waals surface area contributed by atoms with Crippen LogP contribution in [0.3, 0.4) is 0 Å². The summed E-state index contributed by atoms with van der Waals surface area (Å²) < 4.78 is 1.09. The van der Waals surface area contributed by atoms with Crippen LogP contribution >= 0.6 is 15.9 Å². The Labute approximate surface area is 87.6 Å². The van der Waals surface area contributed by atoms with Crippen molar-refractivity contribution in [2.24, 2.45) is 5.73 Å². The van der Waals surface area contributed by atoms with Gasteiger partial charge in [-0.2, -0.15) is 0 Å². The lowest BCUT2D eigenvalue weighted by atomic mass is 10.2. The molecular formula is C10H15BrN2. The standard InChI is InChI=1S/C10H15BrN2/c1-8(5-6-12)13-10-4-2-3-9(11)7-10/h2-4,7-8,13H,5-6,12H2,1H3. The van der Waals surface area contributed by atoms with Crippen molar-refractivity contribution in [3.8, 4) is 0 Å². The molecule has 0 spiro atoms. The van der Waals surface area contributed by atoms with Gasteiger partial charge in [-0.05, 0) is 38.1 Å². The molecule has 0 amide bonds. The van der Waals surface area contributed by atoms with Gasteiger partial charge in [0.1, 0.15) is 0 Å². The Morgan fingerprint density at radius 1 is 1.54 bits per heavy atom. The fraction of sp³-hybridized carbons (Fsp3) is 0.400. The van der Waals surface area contributed by atoms with Gasteiger partial charge in [0.2, 0.25) is 0 Å². The predicted molar refractivity (Wildman–Crippen MR) is 60.9 cm³/mol. The van der Waals surface area contributed by atoms with Gasteiger partial charge in [-0.15, -0.1) is 0 Å². The van der Waals surface area contributed by atoms with E-state index in [1.807, 2.05) is 12.1 Å². The lowest BCUT2D eigenvalue weighted by Crippen LogP contribution is -2.19. The van der Waals surface area contributed by atoms with Crippen LogP contribution in [0.2, 0.25) is 0 Å². The summed E-state index contributed by atoms with van der Waals surface area (Å²) in [6.45, 7) is 2.86. The highest BCUT2D eigenvalue weighted by molar-refractivity contribution is 9.10. The predicted octanol–water partition coefficient (Wildman–Crippen LogP) is 2.60. The van der Waals surface area contributed by atoms with Crippen LogP contribution in [0.1, 0.15) is 13.3 Å². The molecule has 3 N–H and O–H groups in total. The minimum Gasteiger partial charge on any atom is -0.383 e. The van der Waals surface area contributed by atoms with Crippen molar-refractivity contribution in [1.29, 1.82) is 0 Å². The van der Waals surface area contributed by atoms with Gasteiger partial charge in [-0.25, -0.2) is 0 Å². The maximum absolute atomic E-state index is 5.46. The molecule has 72 valence electrons. The second-order valence-electron chi connectivity index (χ2n) is 3.13. The van der Waals surface area contributed by atoms with Crippen LogP contribution in [-0.4, -0.2) is 12.6 Å². The zero-order valence-corrected chi connectivity index (χ0v) is 9.34. The van der Waals surface area contributed by atoms with Crippen LogP contribution < -0.4 is 11.1 Å². The average molecular weight is 243 g/mol. The lowest BCUT2D eigenvalue weighted by Gasteiger charge is -2.13. The maximum atomic E-state index is 5.46. The van der Waals surface area contributed by atoms with E-state index in [1.54, 1.807) is 0 Å². The minimum atomic E-state index is 0.430. The molecule has 0 heterocycles. The first-order chi connectivity index (χ1) is 6.22. The molecule has 0 aliphatic heterocycles. The van der Waals surface area contributed by atoms with E-state index in [0.717, 1.165) is 23.1 Å². The molecule has 0 aliphatic carbocycles. The minimum absolute atomic E-state index is 0.430. The first-order valence-electron chi connectivity index (χ1n) is 4.44. The number of hydrogen-bond donors (Lipinski definition) is 2. The van der Waals surface area contributed by atoms with E-state index >= 15 is 0 Å². The molecule has 0 aromatic heterocycles. The van der Waals surface area contributed by atoms with E-state index in [9.17, 15) is 0 Å². The van der Waals surface area contributed by atoms with Crippen molar-refractivity contribution in [1.82, 2.24) is 0 Å². The number of hydrogen-bond acceptors (Lipinski definition) is 2. The third-order valence-electron chi connectivity index (χ3n) is 1.84. The van der Waals surface area contributed by atoms with E-state index in [4.69, 9.17) is 5.73 Å². The van der Waals surface area contributed by atoms with Crippen molar-refractivity contribution < 1.29 is 0 Å². The van der Waals surface area contributed by atoms with Crippen molar-refractivity contribution in [2.45, 2.75) is 19.4 Å². The van der Waals surface area contributed by atoms with Crippen molar-refractivity contribution >= 4 is 21.6 Å². The van der Waals surface area contributed by atoms with Gasteiger partial charge in [-0.3, -0.25) is 0 Å². The summed E-state index contributed by atoms with van der Waals surface area (Å²) in [7, 11) is 0.